The van der Waals surface area contributed by atoms with E-state index in [0.29, 0.717) is 12.1 Å². The predicted molar refractivity (Wildman–Crippen MR) is 99.1 cm³/mol. The summed E-state index contributed by atoms with van der Waals surface area (Å²) < 4.78 is 10.3. The molecule has 0 spiro atoms. The lowest BCUT2D eigenvalue weighted by Gasteiger charge is -2.26. The Hall–Kier alpha value is -2.45. The number of ether oxygens (including phenoxy) is 2. The molecular formula is C19H27N3O5. The number of carbonyl (C=O) groups is 3. The number of esters is 1. The van der Waals surface area contributed by atoms with Crippen molar-refractivity contribution < 1.29 is 23.9 Å². The second kappa shape index (κ2) is 10.6. The molecule has 8 heteroatoms. The second-order valence-corrected chi connectivity index (χ2v) is 6.35. The molecule has 0 saturated carbocycles. The topological polar surface area (TPSA) is 97.0 Å². The summed E-state index contributed by atoms with van der Waals surface area (Å²) in [6.07, 6.45) is 0. The van der Waals surface area contributed by atoms with E-state index in [9.17, 15) is 14.4 Å². The number of hydrogen-bond donors (Lipinski definition) is 2. The number of hydrogen-bond acceptors (Lipinski definition) is 6. The van der Waals surface area contributed by atoms with Crippen LogP contribution in [0.3, 0.4) is 0 Å². The van der Waals surface area contributed by atoms with Gasteiger partial charge in [-0.1, -0.05) is 12.1 Å². The van der Waals surface area contributed by atoms with Crippen molar-refractivity contribution in [3.63, 3.8) is 0 Å². The summed E-state index contributed by atoms with van der Waals surface area (Å²) in [5, 5.41) is 5.09. The molecule has 1 aliphatic heterocycles. The Kier molecular flexibility index (Phi) is 8.22. The fourth-order valence-corrected chi connectivity index (χ4v) is 2.65. The van der Waals surface area contributed by atoms with Gasteiger partial charge in [0.05, 0.1) is 18.8 Å². The van der Waals surface area contributed by atoms with Crippen LogP contribution in [0, 0.1) is 0 Å². The number of rotatable bonds is 8. The average molecular weight is 377 g/mol. The summed E-state index contributed by atoms with van der Waals surface area (Å²) >= 11 is 0. The van der Waals surface area contributed by atoms with Crippen molar-refractivity contribution in [3.05, 3.63) is 35.4 Å². The van der Waals surface area contributed by atoms with Crippen molar-refractivity contribution in [1.29, 1.82) is 0 Å². The fourth-order valence-electron chi connectivity index (χ4n) is 2.65. The largest absolute Gasteiger partial charge is 0.452 e. The molecule has 1 fully saturated rings. The number of amides is 2. The maximum atomic E-state index is 12.1. The van der Waals surface area contributed by atoms with Crippen molar-refractivity contribution in [2.75, 3.05) is 39.5 Å². The quantitative estimate of drug-likeness (QED) is 0.633. The Morgan fingerprint density at radius 2 is 1.85 bits per heavy atom. The summed E-state index contributed by atoms with van der Waals surface area (Å²) in [6.45, 7) is 7.49. The lowest BCUT2D eigenvalue weighted by molar-refractivity contribution is -0.130. The number of benzene rings is 1. The molecule has 148 valence electrons. The fraction of sp³-hybridized carbons (Fsp3) is 0.526. The van der Waals surface area contributed by atoms with Crippen LogP contribution in [0.15, 0.2) is 24.3 Å². The second-order valence-electron chi connectivity index (χ2n) is 6.35. The molecular weight excluding hydrogens is 350 g/mol. The van der Waals surface area contributed by atoms with Crippen LogP contribution < -0.4 is 10.6 Å². The van der Waals surface area contributed by atoms with E-state index < -0.39 is 24.5 Å². The molecule has 0 bridgehead atoms. The number of carbonyl (C=O) groups excluding carboxylic acids is 3. The first-order valence-corrected chi connectivity index (χ1v) is 9.13. The Balaban J connectivity index is 1.76. The zero-order valence-electron chi connectivity index (χ0n) is 15.8. The van der Waals surface area contributed by atoms with E-state index in [2.05, 4.69) is 15.5 Å². The van der Waals surface area contributed by atoms with Gasteiger partial charge in [0.2, 0.25) is 5.91 Å². The van der Waals surface area contributed by atoms with Gasteiger partial charge in [0.15, 0.2) is 6.61 Å². The summed E-state index contributed by atoms with van der Waals surface area (Å²) in [7, 11) is 0. The van der Waals surface area contributed by atoms with Crippen LogP contribution in [0.2, 0.25) is 0 Å². The van der Waals surface area contributed by atoms with Crippen LogP contribution in [0.1, 0.15) is 29.8 Å². The van der Waals surface area contributed by atoms with Crippen LogP contribution >= 0.6 is 0 Å². The number of morpholine rings is 1. The van der Waals surface area contributed by atoms with Crippen molar-refractivity contribution in [1.82, 2.24) is 15.5 Å². The van der Waals surface area contributed by atoms with Crippen molar-refractivity contribution in [3.8, 4) is 0 Å². The smallest absolute Gasteiger partial charge is 0.338 e. The molecule has 1 aliphatic rings. The number of nitrogens with one attached hydrogen (secondary N) is 2. The van der Waals surface area contributed by atoms with E-state index in [1.807, 2.05) is 12.1 Å². The first-order valence-electron chi connectivity index (χ1n) is 9.13. The Bertz CT molecular complexity index is 641. The van der Waals surface area contributed by atoms with Gasteiger partial charge in [-0.25, -0.2) is 4.79 Å². The third kappa shape index (κ3) is 6.99. The molecule has 0 radical (unpaired) electrons. The molecule has 2 N–H and O–H groups in total. The lowest BCUT2D eigenvalue weighted by atomic mass is 10.1. The monoisotopic (exact) mass is 377 g/mol. The van der Waals surface area contributed by atoms with Gasteiger partial charge in [0, 0.05) is 26.2 Å². The third-order valence-corrected chi connectivity index (χ3v) is 4.16. The molecule has 1 aromatic carbocycles. The summed E-state index contributed by atoms with van der Waals surface area (Å²) in [4.78, 5) is 37.7. The summed E-state index contributed by atoms with van der Waals surface area (Å²) in [6, 6.07) is 6.45. The molecule has 1 heterocycles. The van der Waals surface area contributed by atoms with Crippen LogP contribution in [-0.4, -0.2) is 68.2 Å². The van der Waals surface area contributed by atoms with Gasteiger partial charge in [0.1, 0.15) is 6.04 Å². The van der Waals surface area contributed by atoms with E-state index in [1.54, 1.807) is 26.0 Å². The van der Waals surface area contributed by atoms with Gasteiger partial charge in [-0.3, -0.25) is 14.5 Å². The highest BCUT2D eigenvalue weighted by atomic mass is 16.5. The van der Waals surface area contributed by atoms with E-state index in [1.165, 1.54) is 0 Å². The van der Waals surface area contributed by atoms with Gasteiger partial charge in [0.25, 0.3) is 5.91 Å². The van der Waals surface area contributed by atoms with Gasteiger partial charge < -0.3 is 20.1 Å². The number of nitrogens with zero attached hydrogens (tertiary/aromatic N) is 1. The molecule has 1 saturated heterocycles. The molecule has 2 amide bonds. The highest BCUT2D eigenvalue weighted by Gasteiger charge is 2.16. The Morgan fingerprint density at radius 1 is 1.19 bits per heavy atom. The maximum Gasteiger partial charge on any atom is 0.338 e. The molecule has 1 aromatic rings. The molecule has 27 heavy (non-hydrogen) atoms. The van der Waals surface area contributed by atoms with Gasteiger partial charge in [-0.2, -0.15) is 0 Å². The minimum Gasteiger partial charge on any atom is -0.452 e. The first-order chi connectivity index (χ1) is 13.0. The van der Waals surface area contributed by atoms with Crippen molar-refractivity contribution in [2.45, 2.75) is 26.4 Å². The zero-order valence-corrected chi connectivity index (χ0v) is 15.8. The van der Waals surface area contributed by atoms with E-state index in [0.717, 1.165) is 38.4 Å². The minimum absolute atomic E-state index is 0.284. The van der Waals surface area contributed by atoms with Crippen molar-refractivity contribution in [2.24, 2.45) is 0 Å². The lowest BCUT2D eigenvalue weighted by Crippen LogP contribution is -2.46. The van der Waals surface area contributed by atoms with E-state index in [-0.39, 0.29) is 5.91 Å². The molecule has 2 rings (SSSR count). The first kappa shape index (κ1) is 20.9. The van der Waals surface area contributed by atoms with E-state index in [4.69, 9.17) is 9.47 Å². The van der Waals surface area contributed by atoms with Crippen LogP contribution in [0.5, 0.6) is 0 Å². The van der Waals surface area contributed by atoms with Gasteiger partial charge in [-0.05, 0) is 31.5 Å². The minimum atomic E-state index is -0.685. The van der Waals surface area contributed by atoms with Crippen molar-refractivity contribution >= 4 is 17.8 Å². The molecule has 8 nitrogen and oxygen atoms in total. The third-order valence-electron chi connectivity index (χ3n) is 4.16. The molecule has 1 atom stereocenters. The Morgan fingerprint density at radius 3 is 2.48 bits per heavy atom. The SMILES string of the molecule is CCNC(=O)[C@H](C)NC(=O)COC(=O)c1ccc(CN2CCOCC2)cc1. The van der Waals surface area contributed by atoms with Crippen LogP contribution in [0.4, 0.5) is 0 Å². The van der Waals surface area contributed by atoms with Crippen LogP contribution in [0.25, 0.3) is 0 Å². The summed E-state index contributed by atoms with van der Waals surface area (Å²) in [5.41, 5.74) is 1.48. The van der Waals surface area contributed by atoms with Gasteiger partial charge in [-0.15, -0.1) is 0 Å². The molecule has 0 aromatic heterocycles. The molecule has 0 unspecified atom stereocenters. The highest BCUT2D eigenvalue weighted by molar-refractivity contribution is 5.92. The van der Waals surface area contributed by atoms with Crippen LogP contribution in [-0.2, 0) is 25.6 Å². The standard InChI is InChI=1S/C19H27N3O5/c1-3-20-18(24)14(2)21-17(23)13-27-19(25)16-6-4-15(5-7-16)12-22-8-10-26-11-9-22/h4-7,14H,3,8-13H2,1-2H3,(H,20,24)(H,21,23)/t14-/m0/s1. The highest BCUT2D eigenvalue weighted by Crippen LogP contribution is 2.10. The molecule has 0 aliphatic carbocycles. The van der Waals surface area contributed by atoms with Gasteiger partial charge >= 0.3 is 5.97 Å². The summed E-state index contributed by atoms with van der Waals surface area (Å²) in [5.74, 6) is -1.38. The maximum absolute atomic E-state index is 12.1. The normalized spacial score (nSPS) is 15.6. The number of likely N-dealkylation sites (N-methyl/N-ethyl adjacent to an activating group) is 1. The predicted octanol–water partition coefficient (Wildman–Crippen LogP) is 0.316. The zero-order chi connectivity index (χ0) is 19.6. The Labute approximate surface area is 159 Å². The van der Waals surface area contributed by atoms with E-state index >= 15 is 0 Å². The average Bonchev–Trinajstić information content (AvgIpc) is 2.67.